The van der Waals surface area contributed by atoms with Crippen molar-refractivity contribution in [1.29, 1.82) is 0 Å². The minimum atomic E-state index is 0.695. The standard InChI is InChI=1S/C14H22N2O/c1-12-6-4-5-9-16(12)10-11-17-14-8-3-2-7-13(14)15/h2-3,7-8,12H,4-6,9-11,15H2,1H3/t12-/m0/s1. The van der Waals surface area contributed by atoms with Gasteiger partial charge in [-0.05, 0) is 38.4 Å². The molecule has 0 bridgehead atoms. The number of para-hydroxylation sites is 2. The van der Waals surface area contributed by atoms with Gasteiger partial charge in [0, 0.05) is 12.6 Å². The average molecular weight is 234 g/mol. The molecule has 1 aromatic rings. The molecule has 1 saturated heterocycles. The Labute approximate surface area is 104 Å². The van der Waals surface area contributed by atoms with Gasteiger partial charge in [0.25, 0.3) is 0 Å². The van der Waals surface area contributed by atoms with E-state index in [9.17, 15) is 0 Å². The maximum atomic E-state index is 5.83. The quantitative estimate of drug-likeness (QED) is 0.814. The lowest BCUT2D eigenvalue weighted by atomic mass is 10.0. The van der Waals surface area contributed by atoms with Crippen LogP contribution >= 0.6 is 0 Å². The second-order valence-electron chi connectivity index (χ2n) is 4.77. The van der Waals surface area contributed by atoms with E-state index in [0.717, 1.165) is 24.6 Å². The highest BCUT2D eigenvalue weighted by atomic mass is 16.5. The third-order valence-corrected chi connectivity index (χ3v) is 3.50. The monoisotopic (exact) mass is 234 g/mol. The van der Waals surface area contributed by atoms with Crippen molar-refractivity contribution in [3.05, 3.63) is 24.3 Å². The molecule has 0 aliphatic carbocycles. The minimum absolute atomic E-state index is 0.695. The number of ether oxygens (including phenoxy) is 1. The van der Waals surface area contributed by atoms with Crippen LogP contribution in [0.5, 0.6) is 5.75 Å². The van der Waals surface area contributed by atoms with Crippen LogP contribution in [0, 0.1) is 0 Å². The predicted molar refractivity (Wildman–Crippen MR) is 71.2 cm³/mol. The first-order valence-corrected chi connectivity index (χ1v) is 6.49. The van der Waals surface area contributed by atoms with Crippen LogP contribution in [0.25, 0.3) is 0 Å². The summed E-state index contributed by atoms with van der Waals surface area (Å²) in [6.45, 7) is 5.22. The molecule has 0 saturated carbocycles. The third-order valence-electron chi connectivity index (χ3n) is 3.50. The van der Waals surface area contributed by atoms with Gasteiger partial charge < -0.3 is 10.5 Å². The van der Waals surface area contributed by atoms with E-state index in [4.69, 9.17) is 10.5 Å². The number of likely N-dealkylation sites (tertiary alicyclic amines) is 1. The van der Waals surface area contributed by atoms with E-state index in [1.54, 1.807) is 0 Å². The summed E-state index contributed by atoms with van der Waals surface area (Å²) in [6, 6.07) is 8.37. The highest BCUT2D eigenvalue weighted by Gasteiger charge is 2.17. The van der Waals surface area contributed by atoms with Crippen molar-refractivity contribution in [2.45, 2.75) is 32.2 Å². The lowest BCUT2D eigenvalue weighted by Crippen LogP contribution is -2.39. The summed E-state index contributed by atoms with van der Waals surface area (Å²) >= 11 is 0. The van der Waals surface area contributed by atoms with Gasteiger partial charge in [-0.15, -0.1) is 0 Å². The smallest absolute Gasteiger partial charge is 0.142 e. The van der Waals surface area contributed by atoms with Gasteiger partial charge in [-0.3, -0.25) is 4.90 Å². The van der Waals surface area contributed by atoms with E-state index in [1.807, 2.05) is 24.3 Å². The Balaban J connectivity index is 1.77. The first kappa shape index (κ1) is 12.2. The van der Waals surface area contributed by atoms with Crippen molar-refractivity contribution in [3.63, 3.8) is 0 Å². The zero-order chi connectivity index (χ0) is 12.1. The summed E-state index contributed by atoms with van der Waals surface area (Å²) in [5.74, 6) is 0.803. The molecular weight excluding hydrogens is 212 g/mol. The molecule has 1 aliphatic heterocycles. The van der Waals surface area contributed by atoms with Crippen LogP contribution in [0.4, 0.5) is 5.69 Å². The van der Waals surface area contributed by atoms with Gasteiger partial charge in [-0.2, -0.15) is 0 Å². The highest BCUT2D eigenvalue weighted by molar-refractivity contribution is 5.51. The molecule has 3 heteroatoms. The maximum Gasteiger partial charge on any atom is 0.142 e. The predicted octanol–water partition coefficient (Wildman–Crippen LogP) is 2.52. The van der Waals surface area contributed by atoms with Crippen LogP contribution in [0.1, 0.15) is 26.2 Å². The fourth-order valence-electron chi connectivity index (χ4n) is 2.37. The fraction of sp³-hybridized carbons (Fsp3) is 0.571. The number of anilines is 1. The number of benzene rings is 1. The van der Waals surface area contributed by atoms with E-state index in [2.05, 4.69) is 11.8 Å². The van der Waals surface area contributed by atoms with Crippen LogP contribution in [-0.2, 0) is 0 Å². The molecule has 94 valence electrons. The second kappa shape index (κ2) is 5.92. The van der Waals surface area contributed by atoms with Crippen LogP contribution in [0.2, 0.25) is 0 Å². The Bertz CT molecular complexity index is 354. The normalized spacial score (nSPS) is 21.4. The van der Waals surface area contributed by atoms with Gasteiger partial charge in [0.05, 0.1) is 5.69 Å². The first-order chi connectivity index (χ1) is 8.27. The van der Waals surface area contributed by atoms with E-state index < -0.39 is 0 Å². The van der Waals surface area contributed by atoms with Crippen LogP contribution in [0.15, 0.2) is 24.3 Å². The highest BCUT2D eigenvalue weighted by Crippen LogP contribution is 2.20. The van der Waals surface area contributed by atoms with E-state index in [0.29, 0.717) is 6.04 Å². The summed E-state index contributed by atoms with van der Waals surface area (Å²) in [5.41, 5.74) is 6.55. The number of rotatable bonds is 4. The summed E-state index contributed by atoms with van der Waals surface area (Å²) in [5, 5.41) is 0. The number of piperidine rings is 1. The maximum absolute atomic E-state index is 5.83. The Hall–Kier alpha value is -1.22. The Morgan fingerprint density at radius 3 is 2.94 bits per heavy atom. The molecule has 2 rings (SSSR count). The molecule has 0 unspecified atom stereocenters. The SMILES string of the molecule is C[C@H]1CCCCN1CCOc1ccccc1N. The molecule has 3 nitrogen and oxygen atoms in total. The zero-order valence-corrected chi connectivity index (χ0v) is 10.6. The summed E-state index contributed by atoms with van der Waals surface area (Å²) in [7, 11) is 0. The molecule has 0 spiro atoms. The Kier molecular flexibility index (Phi) is 4.26. The van der Waals surface area contributed by atoms with Gasteiger partial charge in [-0.25, -0.2) is 0 Å². The molecule has 0 aromatic heterocycles. The molecule has 1 fully saturated rings. The van der Waals surface area contributed by atoms with Crippen molar-refractivity contribution < 1.29 is 4.74 Å². The Morgan fingerprint density at radius 2 is 2.18 bits per heavy atom. The molecule has 1 atom stereocenters. The van der Waals surface area contributed by atoms with Gasteiger partial charge in [-0.1, -0.05) is 18.6 Å². The van der Waals surface area contributed by atoms with Gasteiger partial charge >= 0.3 is 0 Å². The van der Waals surface area contributed by atoms with Gasteiger partial charge in [0.2, 0.25) is 0 Å². The first-order valence-electron chi connectivity index (χ1n) is 6.49. The topological polar surface area (TPSA) is 38.5 Å². The van der Waals surface area contributed by atoms with E-state index in [-0.39, 0.29) is 0 Å². The molecule has 1 aliphatic rings. The van der Waals surface area contributed by atoms with Crippen LogP contribution in [-0.4, -0.2) is 30.6 Å². The molecule has 17 heavy (non-hydrogen) atoms. The second-order valence-corrected chi connectivity index (χ2v) is 4.77. The van der Waals surface area contributed by atoms with Crippen molar-refractivity contribution in [2.75, 3.05) is 25.4 Å². The number of hydrogen-bond acceptors (Lipinski definition) is 3. The fourth-order valence-corrected chi connectivity index (χ4v) is 2.37. The lowest BCUT2D eigenvalue weighted by Gasteiger charge is -2.33. The third kappa shape index (κ3) is 3.37. The molecular formula is C14H22N2O. The van der Waals surface area contributed by atoms with Crippen LogP contribution in [0.3, 0.4) is 0 Å². The number of nitrogen functional groups attached to an aromatic ring is 1. The number of nitrogens with zero attached hydrogens (tertiary/aromatic N) is 1. The zero-order valence-electron chi connectivity index (χ0n) is 10.6. The van der Waals surface area contributed by atoms with Crippen molar-refractivity contribution >= 4 is 5.69 Å². The number of hydrogen-bond donors (Lipinski definition) is 1. The lowest BCUT2D eigenvalue weighted by molar-refractivity contribution is 0.133. The minimum Gasteiger partial charge on any atom is -0.490 e. The molecule has 1 heterocycles. The molecule has 0 radical (unpaired) electrons. The summed E-state index contributed by atoms with van der Waals surface area (Å²) in [6.07, 6.45) is 4.00. The van der Waals surface area contributed by atoms with Gasteiger partial charge in [0.1, 0.15) is 12.4 Å². The van der Waals surface area contributed by atoms with Gasteiger partial charge in [0.15, 0.2) is 0 Å². The summed E-state index contributed by atoms with van der Waals surface area (Å²) in [4.78, 5) is 2.50. The average Bonchev–Trinajstić information content (AvgIpc) is 2.34. The van der Waals surface area contributed by atoms with E-state index >= 15 is 0 Å². The van der Waals surface area contributed by atoms with Crippen LogP contribution < -0.4 is 10.5 Å². The largest absolute Gasteiger partial charge is 0.490 e. The molecule has 1 aromatic carbocycles. The van der Waals surface area contributed by atoms with Crippen molar-refractivity contribution in [1.82, 2.24) is 4.90 Å². The van der Waals surface area contributed by atoms with E-state index in [1.165, 1.54) is 25.8 Å². The summed E-state index contributed by atoms with van der Waals surface area (Å²) < 4.78 is 5.72. The van der Waals surface area contributed by atoms with Crippen molar-refractivity contribution in [2.24, 2.45) is 0 Å². The Morgan fingerprint density at radius 1 is 1.35 bits per heavy atom. The number of nitrogens with two attached hydrogens (primary N) is 1. The van der Waals surface area contributed by atoms with Crippen molar-refractivity contribution in [3.8, 4) is 5.75 Å². The molecule has 2 N–H and O–H groups in total. The molecule has 0 amide bonds.